The van der Waals surface area contributed by atoms with Gasteiger partial charge in [-0.25, -0.2) is 9.59 Å². The van der Waals surface area contributed by atoms with Gasteiger partial charge in [-0.3, -0.25) is 9.80 Å². The molecule has 6 heteroatoms. The van der Waals surface area contributed by atoms with E-state index in [1.165, 1.54) is 25.0 Å². The van der Waals surface area contributed by atoms with Gasteiger partial charge in [-0.15, -0.1) is 0 Å². The molecule has 0 radical (unpaired) electrons. The first-order valence-corrected chi connectivity index (χ1v) is 16.7. The number of likely N-dealkylation sites (tertiary alicyclic amines) is 2. The van der Waals surface area contributed by atoms with Crippen molar-refractivity contribution in [1.29, 1.82) is 0 Å². The Labute approximate surface area is 256 Å². The van der Waals surface area contributed by atoms with Crippen molar-refractivity contribution in [3.8, 4) is 0 Å². The molecule has 2 aliphatic heterocycles. The van der Waals surface area contributed by atoms with Gasteiger partial charge in [-0.05, 0) is 127 Å². The lowest BCUT2D eigenvalue weighted by molar-refractivity contribution is -0.0822. The van der Waals surface area contributed by atoms with Crippen LogP contribution >= 0.6 is 0 Å². The number of piperidine rings is 2. The van der Waals surface area contributed by atoms with E-state index in [-0.39, 0.29) is 33.3 Å². The third-order valence-corrected chi connectivity index (χ3v) is 12.9. The van der Waals surface area contributed by atoms with Crippen molar-refractivity contribution >= 4 is 11.9 Å². The van der Waals surface area contributed by atoms with Crippen LogP contribution in [0.1, 0.15) is 152 Å². The van der Waals surface area contributed by atoms with E-state index in [1.54, 1.807) is 0 Å². The smallest absolute Gasteiger partial charge is 0.335 e. The predicted octanol–water partition coefficient (Wildman–Crippen LogP) is 8.31. The number of rotatable bonds is 12. The van der Waals surface area contributed by atoms with E-state index in [0.29, 0.717) is 35.8 Å². The van der Waals surface area contributed by atoms with E-state index >= 15 is 0 Å². The molecule has 238 valence electrons. The first kappa shape index (κ1) is 34.6. The summed E-state index contributed by atoms with van der Waals surface area (Å²) in [4.78, 5) is 30.5. The van der Waals surface area contributed by atoms with Crippen LogP contribution in [0.5, 0.6) is 0 Å². The van der Waals surface area contributed by atoms with Crippen LogP contribution in [0.4, 0.5) is 0 Å². The Morgan fingerprint density at radius 1 is 0.690 bits per heavy atom. The molecule has 2 aliphatic rings. The molecule has 3 rings (SSSR count). The topological polar surface area (TPSA) is 81.1 Å². The number of benzene rings is 1. The van der Waals surface area contributed by atoms with E-state index in [1.807, 2.05) is 0 Å². The summed E-state index contributed by atoms with van der Waals surface area (Å²) in [5.41, 5.74) is 1.99. The third kappa shape index (κ3) is 6.04. The molecule has 1 aromatic rings. The monoisotopic (exact) mass is 584 g/mol. The Morgan fingerprint density at radius 3 is 1.29 bits per heavy atom. The average Bonchev–Trinajstić information content (AvgIpc) is 2.96. The Morgan fingerprint density at radius 2 is 1.02 bits per heavy atom. The zero-order chi connectivity index (χ0) is 31.7. The molecule has 0 bridgehead atoms. The summed E-state index contributed by atoms with van der Waals surface area (Å²) in [6.45, 7) is 24.6. The number of hydrogen-bond acceptors (Lipinski definition) is 4. The van der Waals surface area contributed by atoms with Crippen LogP contribution in [0.3, 0.4) is 0 Å². The Bertz CT molecular complexity index is 1050. The second kappa shape index (κ2) is 13.0. The summed E-state index contributed by atoms with van der Waals surface area (Å²) >= 11 is 0. The van der Waals surface area contributed by atoms with Gasteiger partial charge in [-0.1, -0.05) is 41.5 Å². The van der Waals surface area contributed by atoms with Crippen LogP contribution in [0.15, 0.2) is 12.1 Å². The maximum absolute atomic E-state index is 12.6. The minimum atomic E-state index is -0.977. The van der Waals surface area contributed by atoms with Gasteiger partial charge in [0.2, 0.25) is 0 Å². The number of carboxylic acids is 2. The molecule has 2 saturated heterocycles. The van der Waals surface area contributed by atoms with Gasteiger partial charge >= 0.3 is 11.9 Å². The van der Waals surface area contributed by atoms with Crippen molar-refractivity contribution in [1.82, 2.24) is 9.80 Å². The highest BCUT2D eigenvalue weighted by molar-refractivity contribution is 5.95. The van der Waals surface area contributed by atoms with Gasteiger partial charge in [-0.2, -0.15) is 0 Å². The van der Waals surface area contributed by atoms with E-state index in [2.05, 4.69) is 79.0 Å². The predicted molar refractivity (Wildman–Crippen MR) is 173 cm³/mol. The molecule has 0 aliphatic carbocycles. The fourth-order valence-electron chi connectivity index (χ4n) is 8.69. The SMILES string of the molecule is CCC1(C)CCC(C)C(C)(CC)N1CCc1c(C(=O)O)ccc(C(=O)O)c1CCN1C(C)(CC)CCC(C)C1(C)CC. The highest BCUT2D eigenvalue weighted by atomic mass is 16.4. The van der Waals surface area contributed by atoms with Crippen molar-refractivity contribution in [2.45, 2.75) is 156 Å². The number of aromatic carboxylic acids is 2. The van der Waals surface area contributed by atoms with Crippen molar-refractivity contribution in [3.63, 3.8) is 0 Å². The van der Waals surface area contributed by atoms with Crippen molar-refractivity contribution in [2.24, 2.45) is 11.8 Å². The van der Waals surface area contributed by atoms with Crippen LogP contribution in [0.2, 0.25) is 0 Å². The average molecular weight is 585 g/mol. The normalized spacial score (nSPS) is 34.4. The molecule has 42 heavy (non-hydrogen) atoms. The van der Waals surface area contributed by atoms with E-state index in [4.69, 9.17) is 0 Å². The standard InChI is InChI=1S/C36H60N2O4/c1-11-33(7)21-17-25(5)35(9,13-3)37(33)23-19-27-28(30(32(41)42)16-15-29(27)31(39)40)20-24-38-34(8,12-2)22-18-26(6)36(38,10)14-4/h15-16,25-26H,11-14,17-24H2,1-10H3,(H,39,40)(H,41,42). The van der Waals surface area contributed by atoms with Gasteiger partial charge in [0.05, 0.1) is 11.1 Å². The third-order valence-electron chi connectivity index (χ3n) is 12.9. The fraction of sp³-hybridized carbons (Fsp3) is 0.778. The van der Waals surface area contributed by atoms with Crippen molar-refractivity contribution in [3.05, 3.63) is 34.4 Å². The highest BCUT2D eigenvalue weighted by Crippen LogP contribution is 2.47. The zero-order valence-electron chi connectivity index (χ0n) is 28.4. The van der Waals surface area contributed by atoms with Gasteiger partial charge in [0.1, 0.15) is 0 Å². The molecular weight excluding hydrogens is 524 g/mol. The van der Waals surface area contributed by atoms with Crippen LogP contribution in [-0.4, -0.2) is 67.2 Å². The van der Waals surface area contributed by atoms with Crippen LogP contribution in [0.25, 0.3) is 0 Å². The molecule has 0 spiro atoms. The molecule has 2 N–H and O–H groups in total. The lowest BCUT2D eigenvalue weighted by Crippen LogP contribution is -2.64. The summed E-state index contributed by atoms with van der Waals surface area (Å²) in [5.74, 6) is -0.888. The highest BCUT2D eigenvalue weighted by Gasteiger charge is 2.49. The second-order valence-electron chi connectivity index (χ2n) is 14.5. The molecule has 0 aromatic heterocycles. The summed E-state index contributed by atoms with van der Waals surface area (Å²) in [6.07, 6.45) is 9.77. The zero-order valence-corrected chi connectivity index (χ0v) is 28.4. The molecule has 6 atom stereocenters. The maximum atomic E-state index is 12.6. The number of hydrogen-bond donors (Lipinski definition) is 2. The Balaban J connectivity index is 2.10. The van der Waals surface area contributed by atoms with Gasteiger partial charge < -0.3 is 10.2 Å². The fourth-order valence-corrected chi connectivity index (χ4v) is 8.69. The summed E-state index contributed by atoms with van der Waals surface area (Å²) < 4.78 is 0. The molecular formula is C36H60N2O4. The van der Waals surface area contributed by atoms with Gasteiger partial charge in [0.15, 0.2) is 0 Å². The lowest BCUT2D eigenvalue weighted by atomic mass is 9.69. The van der Waals surface area contributed by atoms with Crippen LogP contribution in [0, 0.1) is 11.8 Å². The first-order valence-electron chi connectivity index (χ1n) is 16.7. The minimum absolute atomic E-state index is 0.00673. The molecule has 0 saturated carbocycles. The molecule has 6 unspecified atom stereocenters. The van der Waals surface area contributed by atoms with Gasteiger partial charge in [0.25, 0.3) is 0 Å². The largest absolute Gasteiger partial charge is 0.478 e. The number of carboxylic acid groups (broad SMARTS) is 2. The van der Waals surface area contributed by atoms with E-state index in [0.717, 1.165) is 51.6 Å². The maximum Gasteiger partial charge on any atom is 0.335 e. The second-order valence-corrected chi connectivity index (χ2v) is 14.5. The summed E-state index contributed by atoms with van der Waals surface area (Å²) in [5, 5.41) is 20.6. The first-order chi connectivity index (χ1) is 19.6. The number of carbonyl (C=O) groups is 2. The van der Waals surface area contributed by atoms with Crippen molar-refractivity contribution < 1.29 is 19.8 Å². The lowest BCUT2D eigenvalue weighted by Gasteiger charge is -2.59. The van der Waals surface area contributed by atoms with E-state index < -0.39 is 11.9 Å². The van der Waals surface area contributed by atoms with Crippen LogP contribution < -0.4 is 0 Å². The van der Waals surface area contributed by atoms with E-state index in [9.17, 15) is 19.8 Å². The summed E-state index contributed by atoms with van der Waals surface area (Å²) in [6, 6.07) is 3.05. The van der Waals surface area contributed by atoms with Crippen LogP contribution in [-0.2, 0) is 12.8 Å². The molecule has 0 amide bonds. The quantitative estimate of drug-likeness (QED) is 0.257. The minimum Gasteiger partial charge on any atom is -0.478 e. The summed E-state index contributed by atoms with van der Waals surface area (Å²) in [7, 11) is 0. The molecule has 2 fully saturated rings. The van der Waals surface area contributed by atoms with Crippen molar-refractivity contribution in [2.75, 3.05) is 13.1 Å². The Hall–Kier alpha value is -1.92. The molecule has 6 nitrogen and oxygen atoms in total. The molecule has 2 heterocycles. The Kier molecular flexibility index (Phi) is 10.7. The molecule has 1 aromatic carbocycles. The number of nitrogens with zero attached hydrogens (tertiary/aromatic N) is 2. The van der Waals surface area contributed by atoms with Gasteiger partial charge in [0, 0.05) is 35.2 Å².